The van der Waals surface area contributed by atoms with Gasteiger partial charge >= 0.3 is 0 Å². The van der Waals surface area contributed by atoms with E-state index in [2.05, 4.69) is 20.8 Å². The minimum absolute atomic E-state index is 0.235. The molecule has 2 heteroatoms. The summed E-state index contributed by atoms with van der Waals surface area (Å²) in [6.45, 7) is 8.81. The fourth-order valence-corrected chi connectivity index (χ4v) is 2.86. The first kappa shape index (κ1) is 19.2. The van der Waals surface area contributed by atoms with Crippen LogP contribution in [0.15, 0.2) is 48.5 Å². The molecule has 0 N–H and O–H groups in total. The first-order valence-corrected chi connectivity index (χ1v) is 9.28. The summed E-state index contributed by atoms with van der Waals surface area (Å²) in [5, 5.41) is 0. The maximum absolute atomic E-state index is 12.6. The van der Waals surface area contributed by atoms with Gasteiger partial charge in [-0.2, -0.15) is 0 Å². The Bertz CT molecular complexity index is 661. The summed E-state index contributed by atoms with van der Waals surface area (Å²) in [4.78, 5) is 12.6. The second-order valence-corrected chi connectivity index (χ2v) is 6.59. The molecule has 2 aromatic rings. The summed E-state index contributed by atoms with van der Waals surface area (Å²) in [7, 11) is 0. The Morgan fingerprint density at radius 1 is 1.12 bits per heavy atom. The molecular weight excluding hydrogens is 308 g/mol. The van der Waals surface area contributed by atoms with Crippen LogP contribution in [-0.4, -0.2) is 5.78 Å². The number of Topliss-reactive ketones (excluding diaryl/α,β-unsaturated/α-hetero) is 1. The molecule has 2 aromatic carbocycles. The van der Waals surface area contributed by atoms with E-state index >= 15 is 0 Å². The van der Waals surface area contributed by atoms with E-state index in [0.717, 1.165) is 48.1 Å². The molecule has 0 spiro atoms. The predicted octanol–water partition coefficient (Wildman–Crippen LogP) is 6.36. The summed E-state index contributed by atoms with van der Waals surface area (Å²) < 4.78 is 5.93. The van der Waals surface area contributed by atoms with Crippen molar-refractivity contribution in [2.45, 2.75) is 58.5 Å². The molecule has 25 heavy (non-hydrogen) atoms. The van der Waals surface area contributed by atoms with Crippen LogP contribution < -0.4 is 4.74 Å². The molecule has 0 heterocycles. The Morgan fingerprint density at radius 2 is 1.88 bits per heavy atom. The third-order valence-electron chi connectivity index (χ3n) is 4.54. The van der Waals surface area contributed by atoms with Crippen LogP contribution in [0.4, 0.5) is 0 Å². The van der Waals surface area contributed by atoms with E-state index in [0.29, 0.717) is 13.0 Å². The maximum Gasteiger partial charge on any atom is 0.163 e. The molecule has 2 rings (SSSR count). The van der Waals surface area contributed by atoms with Gasteiger partial charge in [0.15, 0.2) is 5.78 Å². The van der Waals surface area contributed by atoms with Crippen LogP contribution in [0.1, 0.15) is 73.4 Å². The Hall–Kier alpha value is -2.09. The highest BCUT2D eigenvalue weighted by Gasteiger charge is 2.16. The van der Waals surface area contributed by atoms with Crippen molar-refractivity contribution in [2.24, 2.45) is 0 Å². The summed E-state index contributed by atoms with van der Waals surface area (Å²) in [6.07, 6.45) is 4.57. The largest absolute Gasteiger partial charge is 0.489 e. The minimum atomic E-state index is 0.235. The Kier molecular flexibility index (Phi) is 7.72. The molecule has 1 unspecified atom stereocenters. The zero-order valence-electron chi connectivity index (χ0n) is 15.5. The number of ketones is 1. The Balaban J connectivity index is 2.14. The second-order valence-electron chi connectivity index (χ2n) is 6.59. The first-order chi connectivity index (χ1) is 12.2. The monoisotopic (exact) mass is 337 g/mol. The van der Waals surface area contributed by atoms with Gasteiger partial charge < -0.3 is 4.74 Å². The van der Waals surface area contributed by atoms with Gasteiger partial charge in [-0.25, -0.2) is 0 Å². The standard InChI is InChI=1S/C23H29O2/c1-4-6-8-13-23(24)21-15-14-20(16-22(21)18(3)5-2)25-17-19-11-9-7-10-12-19/h7,9-12,14-16,18H,2,4-6,8,13,17H2,1,3H3. The molecule has 2 nitrogen and oxygen atoms in total. The van der Waals surface area contributed by atoms with E-state index in [1.54, 1.807) is 0 Å². The van der Waals surface area contributed by atoms with E-state index in [9.17, 15) is 4.79 Å². The number of hydrogen-bond acceptors (Lipinski definition) is 2. The molecule has 0 aliphatic rings. The van der Waals surface area contributed by atoms with Gasteiger partial charge in [-0.05, 0) is 48.1 Å². The lowest BCUT2D eigenvalue weighted by Crippen LogP contribution is -2.07. The van der Waals surface area contributed by atoms with Crippen molar-refractivity contribution in [1.29, 1.82) is 0 Å². The molecule has 0 saturated carbocycles. The molecule has 1 radical (unpaired) electrons. The summed E-state index contributed by atoms with van der Waals surface area (Å²) in [6, 6.07) is 16.0. The molecule has 0 aliphatic heterocycles. The number of hydrogen-bond donors (Lipinski definition) is 0. The third-order valence-corrected chi connectivity index (χ3v) is 4.54. The van der Waals surface area contributed by atoms with E-state index < -0.39 is 0 Å². The SMILES string of the molecule is [CH2]CC(C)c1cc(OCc2ccccc2)ccc1C(=O)CCCCC. The zero-order valence-corrected chi connectivity index (χ0v) is 15.5. The van der Waals surface area contributed by atoms with Crippen LogP contribution in [0.5, 0.6) is 5.75 Å². The number of unbranched alkanes of at least 4 members (excludes halogenated alkanes) is 2. The summed E-state index contributed by atoms with van der Waals surface area (Å²) >= 11 is 0. The Morgan fingerprint density at radius 3 is 2.56 bits per heavy atom. The number of ether oxygens (including phenoxy) is 1. The molecule has 0 fully saturated rings. The Labute approximate surface area is 152 Å². The second kappa shape index (κ2) is 10.0. The van der Waals surface area contributed by atoms with Gasteiger partial charge in [0.2, 0.25) is 0 Å². The number of rotatable bonds is 10. The summed E-state index contributed by atoms with van der Waals surface area (Å²) in [5.74, 6) is 1.29. The number of carbonyl (C=O) groups is 1. The third kappa shape index (κ3) is 5.74. The van der Waals surface area contributed by atoms with E-state index in [-0.39, 0.29) is 11.7 Å². The van der Waals surface area contributed by atoms with Crippen LogP contribution in [-0.2, 0) is 6.61 Å². The van der Waals surface area contributed by atoms with Crippen molar-refractivity contribution in [1.82, 2.24) is 0 Å². The lowest BCUT2D eigenvalue weighted by atomic mass is 9.90. The molecule has 0 aliphatic carbocycles. The van der Waals surface area contributed by atoms with Crippen molar-refractivity contribution >= 4 is 5.78 Å². The fraction of sp³-hybridized carbons (Fsp3) is 0.391. The average molecular weight is 337 g/mol. The lowest BCUT2D eigenvalue weighted by molar-refractivity contribution is 0.0978. The van der Waals surface area contributed by atoms with E-state index in [1.807, 2.05) is 48.5 Å². The van der Waals surface area contributed by atoms with Gasteiger partial charge in [-0.15, -0.1) is 0 Å². The van der Waals surface area contributed by atoms with Crippen molar-refractivity contribution in [2.75, 3.05) is 0 Å². The quantitative estimate of drug-likeness (QED) is 0.372. The van der Waals surface area contributed by atoms with Crippen LogP contribution >= 0.6 is 0 Å². The molecular formula is C23H29O2. The highest BCUT2D eigenvalue weighted by molar-refractivity contribution is 5.97. The molecule has 133 valence electrons. The fourth-order valence-electron chi connectivity index (χ4n) is 2.86. The maximum atomic E-state index is 12.6. The molecule has 0 bridgehead atoms. The molecule has 1 atom stereocenters. The smallest absolute Gasteiger partial charge is 0.163 e. The highest BCUT2D eigenvalue weighted by atomic mass is 16.5. The van der Waals surface area contributed by atoms with Gasteiger partial charge in [0.05, 0.1) is 0 Å². The van der Waals surface area contributed by atoms with Crippen LogP contribution in [0.25, 0.3) is 0 Å². The van der Waals surface area contributed by atoms with E-state index in [4.69, 9.17) is 4.74 Å². The summed E-state index contributed by atoms with van der Waals surface area (Å²) in [5.41, 5.74) is 3.02. The van der Waals surface area contributed by atoms with Gasteiger partial charge in [0.1, 0.15) is 12.4 Å². The topological polar surface area (TPSA) is 26.3 Å². The zero-order chi connectivity index (χ0) is 18.1. The molecule has 0 aromatic heterocycles. The highest BCUT2D eigenvalue weighted by Crippen LogP contribution is 2.28. The van der Waals surface area contributed by atoms with Crippen LogP contribution in [0.2, 0.25) is 0 Å². The number of benzene rings is 2. The van der Waals surface area contributed by atoms with Gasteiger partial charge in [0, 0.05) is 12.0 Å². The van der Waals surface area contributed by atoms with Gasteiger partial charge in [-0.1, -0.05) is 63.9 Å². The minimum Gasteiger partial charge on any atom is -0.489 e. The predicted molar refractivity (Wildman–Crippen MR) is 104 cm³/mol. The van der Waals surface area contributed by atoms with Crippen molar-refractivity contribution in [3.05, 3.63) is 72.1 Å². The van der Waals surface area contributed by atoms with Crippen molar-refractivity contribution < 1.29 is 9.53 Å². The van der Waals surface area contributed by atoms with Crippen molar-refractivity contribution in [3.8, 4) is 5.75 Å². The average Bonchev–Trinajstić information content (AvgIpc) is 2.66. The number of carbonyl (C=O) groups excluding carboxylic acids is 1. The molecule has 0 amide bonds. The molecule has 0 saturated heterocycles. The van der Waals surface area contributed by atoms with Crippen LogP contribution in [0.3, 0.4) is 0 Å². The van der Waals surface area contributed by atoms with Gasteiger partial charge in [-0.3, -0.25) is 4.79 Å². The van der Waals surface area contributed by atoms with Gasteiger partial charge in [0.25, 0.3) is 0 Å². The van der Waals surface area contributed by atoms with Crippen LogP contribution in [0, 0.1) is 6.92 Å². The lowest BCUT2D eigenvalue weighted by Gasteiger charge is -2.16. The van der Waals surface area contributed by atoms with E-state index in [1.165, 1.54) is 0 Å². The van der Waals surface area contributed by atoms with Crippen molar-refractivity contribution in [3.63, 3.8) is 0 Å². The first-order valence-electron chi connectivity index (χ1n) is 9.28. The normalized spacial score (nSPS) is 12.0.